The molecular formula is C21H21N3O3S2. The number of amides is 4. The first-order valence-electron chi connectivity index (χ1n) is 9.40. The summed E-state index contributed by atoms with van der Waals surface area (Å²) in [5, 5.41) is 6.31. The predicted octanol–water partition coefficient (Wildman–Crippen LogP) is 2.87. The van der Waals surface area contributed by atoms with Crippen LogP contribution in [0.4, 0.5) is 4.79 Å². The highest BCUT2D eigenvalue weighted by molar-refractivity contribution is 8.03. The molecule has 1 fully saturated rings. The zero-order valence-corrected chi connectivity index (χ0v) is 17.3. The molecule has 150 valence electrons. The third-order valence-electron chi connectivity index (χ3n) is 4.97. The quantitative estimate of drug-likeness (QED) is 0.738. The number of nitrogens with zero attached hydrogens (tertiary/aromatic N) is 2. The normalized spacial score (nSPS) is 20.8. The summed E-state index contributed by atoms with van der Waals surface area (Å²) in [6.07, 6.45) is 2.46. The van der Waals surface area contributed by atoms with Gasteiger partial charge in [0.05, 0.1) is 6.04 Å². The maximum Gasteiger partial charge on any atom is 0.327 e. The van der Waals surface area contributed by atoms with Crippen LogP contribution in [0.25, 0.3) is 0 Å². The van der Waals surface area contributed by atoms with Crippen LogP contribution in [-0.2, 0) is 22.6 Å². The number of nitrogens with one attached hydrogen (secondary N) is 1. The van der Waals surface area contributed by atoms with E-state index < -0.39 is 6.03 Å². The number of carbonyl (C=O) groups is 3. The SMILES string of the molecule is O=C(CN1C(=O)N(CCc2cccs2)C(=O)C2SC=CC21)NCc1ccccc1. The van der Waals surface area contributed by atoms with Crippen molar-refractivity contribution in [3.63, 3.8) is 0 Å². The first-order chi connectivity index (χ1) is 14.1. The van der Waals surface area contributed by atoms with Gasteiger partial charge < -0.3 is 10.2 Å². The molecule has 2 aliphatic rings. The van der Waals surface area contributed by atoms with E-state index >= 15 is 0 Å². The van der Waals surface area contributed by atoms with Crippen LogP contribution in [0.3, 0.4) is 0 Å². The smallest absolute Gasteiger partial charge is 0.327 e. The fourth-order valence-electron chi connectivity index (χ4n) is 3.46. The van der Waals surface area contributed by atoms with Gasteiger partial charge in [-0.05, 0) is 28.8 Å². The number of hydrogen-bond donors (Lipinski definition) is 1. The molecule has 3 heterocycles. The van der Waals surface area contributed by atoms with Gasteiger partial charge in [0.25, 0.3) is 0 Å². The van der Waals surface area contributed by atoms with Crippen LogP contribution >= 0.6 is 23.1 Å². The number of carbonyl (C=O) groups excluding carboxylic acids is 3. The molecule has 1 saturated heterocycles. The van der Waals surface area contributed by atoms with Crippen molar-refractivity contribution in [3.8, 4) is 0 Å². The molecule has 1 aromatic heterocycles. The minimum Gasteiger partial charge on any atom is -0.350 e. The number of fused-ring (bicyclic) bond motifs is 1. The van der Waals surface area contributed by atoms with Crippen LogP contribution in [0.15, 0.2) is 59.3 Å². The molecule has 0 aliphatic carbocycles. The van der Waals surface area contributed by atoms with Gasteiger partial charge in [-0.3, -0.25) is 14.5 Å². The maximum atomic E-state index is 13.1. The van der Waals surface area contributed by atoms with Gasteiger partial charge in [-0.25, -0.2) is 4.79 Å². The molecule has 6 nitrogen and oxygen atoms in total. The minimum absolute atomic E-state index is 0.0689. The van der Waals surface area contributed by atoms with E-state index in [0.29, 0.717) is 19.5 Å². The predicted molar refractivity (Wildman–Crippen MR) is 114 cm³/mol. The Morgan fingerprint density at radius 3 is 2.69 bits per heavy atom. The van der Waals surface area contributed by atoms with E-state index in [1.54, 1.807) is 11.3 Å². The Balaban J connectivity index is 1.42. The van der Waals surface area contributed by atoms with Crippen molar-refractivity contribution < 1.29 is 14.4 Å². The van der Waals surface area contributed by atoms with Gasteiger partial charge in [0.2, 0.25) is 11.8 Å². The molecule has 2 atom stereocenters. The Morgan fingerprint density at radius 1 is 1.10 bits per heavy atom. The molecule has 0 spiro atoms. The fourth-order valence-corrected chi connectivity index (χ4v) is 5.22. The van der Waals surface area contributed by atoms with Crippen LogP contribution in [0.2, 0.25) is 0 Å². The van der Waals surface area contributed by atoms with E-state index in [9.17, 15) is 14.4 Å². The lowest BCUT2D eigenvalue weighted by Gasteiger charge is -2.40. The number of imide groups is 1. The second kappa shape index (κ2) is 8.84. The van der Waals surface area contributed by atoms with E-state index in [2.05, 4.69) is 5.32 Å². The van der Waals surface area contributed by atoms with Crippen molar-refractivity contribution in [2.24, 2.45) is 0 Å². The van der Waals surface area contributed by atoms with Gasteiger partial charge in [-0.2, -0.15) is 0 Å². The Hall–Kier alpha value is -2.58. The van der Waals surface area contributed by atoms with E-state index in [1.807, 2.05) is 59.3 Å². The Bertz CT molecular complexity index is 915. The number of benzene rings is 1. The van der Waals surface area contributed by atoms with Crippen molar-refractivity contribution in [1.29, 1.82) is 0 Å². The highest BCUT2D eigenvalue weighted by atomic mass is 32.2. The third-order valence-corrected chi connectivity index (χ3v) is 6.99. The second-order valence-electron chi connectivity index (χ2n) is 6.87. The highest BCUT2D eigenvalue weighted by Crippen LogP contribution is 2.34. The van der Waals surface area contributed by atoms with Crippen molar-refractivity contribution in [2.45, 2.75) is 24.3 Å². The zero-order chi connectivity index (χ0) is 20.2. The highest BCUT2D eigenvalue weighted by Gasteiger charge is 2.47. The summed E-state index contributed by atoms with van der Waals surface area (Å²) in [7, 11) is 0. The molecule has 8 heteroatoms. The van der Waals surface area contributed by atoms with E-state index in [-0.39, 0.29) is 29.7 Å². The molecule has 0 bridgehead atoms. The molecule has 2 aromatic rings. The third kappa shape index (κ3) is 4.38. The van der Waals surface area contributed by atoms with Gasteiger partial charge in [0.1, 0.15) is 11.8 Å². The molecule has 1 N–H and O–H groups in total. The number of rotatable bonds is 7. The summed E-state index contributed by atoms with van der Waals surface area (Å²) < 4.78 is 0. The molecule has 29 heavy (non-hydrogen) atoms. The topological polar surface area (TPSA) is 69.7 Å². The maximum absolute atomic E-state index is 13.1. The van der Waals surface area contributed by atoms with Crippen LogP contribution < -0.4 is 5.32 Å². The fraction of sp³-hybridized carbons (Fsp3) is 0.286. The first-order valence-corrected chi connectivity index (χ1v) is 11.2. The average Bonchev–Trinajstić information content (AvgIpc) is 3.42. The number of thiophene rings is 1. The minimum atomic E-state index is -0.394. The van der Waals surface area contributed by atoms with Gasteiger partial charge in [0.15, 0.2) is 0 Å². The Morgan fingerprint density at radius 2 is 1.93 bits per heavy atom. The summed E-state index contributed by atoms with van der Waals surface area (Å²) in [5.74, 6) is -0.411. The lowest BCUT2D eigenvalue weighted by atomic mass is 10.1. The zero-order valence-electron chi connectivity index (χ0n) is 15.7. The number of thioether (sulfide) groups is 1. The van der Waals surface area contributed by atoms with E-state index in [1.165, 1.54) is 21.6 Å². The summed E-state index contributed by atoms with van der Waals surface area (Å²) in [4.78, 5) is 42.3. The van der Waals surface area contributed by atoms with Crippen LogP contribution in [0, 0.1) is 0 Å². The summed E-state index contributed by atoms with van der Waals surface area (Å²) in [6.45, 7) is 0.659. The molecule has 0 radical (unpaired) electrons. The Labute approximate surface area is 177 Å². The second-order valence-corrected chi connectivity index (χ2v) is 8.95. The number of urea groups is 1. The Kier molecular flexibility index (Phi) is 6.01. The van der Waals surface area contributed by atoms with Crippen molar-refractivity contribution >= 4 is 40.9 Å². The van der Waals surface area contributed by atoms with Gasteiger partial charge in [-0.15, -0.1) is 23.1 Å². The van der Waals surface area contributed by atoms with E-state index in [4.69, 9.17) is 0 Å². The molecule has 4 rings (SSSR count). The van der Waals surface area contributed by atoms with Gasteiger partial charge in [0, 0.05) is 18.0 Å². The van der Waals surface area contributed by atoms with Gasteiger partial charge in [-0.1, -0.05) is 42.5 Å². The molecule has 4 amide bonds. The number of hydrogen-bond acceptors (Lipinski definition) is 5. The molecular weight excluding hydrogens is 406 g/mol. The van der Waals surface area contributed by atoms with Crippen LogP contribution in [-0.4, -0.2) is 52.0 Å². The average molecular weight is 428 g/mol. The monoisotopic (exact) mass is 427 g/mol. The van der Waals surface area contributed by atoms with Crippen molar-refractivity contribution in [1.82, 2.24) is 15.1 Å². The largest absolute Gasteiger partial charge is 0.350 e. The summed E-state index contributed by atoms with van der Waals surface area (Å²) >= 11 is 3.01. The lowest BCUT2D eigenvalue weighted by Crippen LogP contribution is -2.63. The first kappa shape index (κ1) is 19.7. The standard InChI is InChI=1S/C21H21N3O3S2/c25-18(22-13-15-5-2-1-3-6-15)14-24-17-9-12-29-19(17)20(26)23(21(24)27)10-8-16-7-4-11-28-16/h1-7,9,11-12,17,19H,8,10,13-14H2,(H,22,25). The molecule has 1 aromatic carbocycles. The van der Waals surface area contributed by atoms with Crippen molar-refractivity contribution in [3.05, 3.63) is 69.8 Å². The summed E-state index contributed by atoms with van der Waals surface area (Å²) in [6, 6.07) is 12.8. The van der Waals surface area contributed by atoms with Crippen LogP contribution in [0.5, 0.6) is 0 Å². The van der Waals surface area contributed by atoms with Crippen molar-refractivity contribution in [2.75, 3.05) is 13.1 Å². The molecule has 0 saturated carbocycles. The molecule has 2 unspecified atom stereocenters. The van der Waals surface area contributed by atoms with E-state index in [0.717, 1.165) is 10.4 Å². The summed E-state index contributed by atoms with van der Waals surface area (Å²) in [5.41, 5.74) is 0.993. The van der Waals surface area contributed by atoms with Gasteiger partial charge >= 0.3 is 6.03 Å². The lowest BCUT2D eigenvalue weighted by molar-refractivity contribution is -0.133. The molecule has 2 aliphatic heterocycles. The van der Waals surface area contributed by atoms with Crippen LogP contribution in [0.1, 0.15) is 10.4 Å².